The molecule has 0 spiro atoms. The third kappa shape index (κ3) is 4.79. The minimum atomic E-state index is -1.46. The van der Waals surface area contributed by atoms with Crippen LogP contribution in [0.25, 0.3) is 0 Å². The van der Waals surface area contributed by atoms with Gasteiger partial charge in [-0.3, -0.25) is 9.59 Å². The maximum Gasteiger partial charge on any atom is 0.335 e. The minimum absolute atomic E-state index is 0.0341. The standard InChI is InChI=1S/C27H25ClF2N4O4/c1-14(2)16-6-4-5-7-18(16)27(26(38)33-21-11-32-22(28)10-17(21)24(35)31-3)12-34(13-27)23-19(29)8-15(25(36)37)9-20(23)30/h4-11,14H,12-13H2,1-3H3,(H,31,35)(H,33,38)(H,36,37). The molecule has 0 radical (unpaired) electrons. The number of carboxylic acids is 1. The van der Waals surface area contributed by atoms with Gasteiger partial charge in [-0.05, 0) is 35.2 Å². The van der Waals surface area contributed by atoms with Gasteiger partial charge in [0, 0.05) is 20.1 Å². The number of aromatic carboxylic acids is 1. The first kappa shape index (κ1) is 27.0. The number of anilines is 2. The lowest BCUT2D eigenvalue weighted by Gasteiger charge is -2.51. The molecular weight excluding hydrogens is 518 g/mol. The summed E-state index contributed by atoms with van der Waals surface area (Å²) >= 11 is 5.96. The molecule has 1 aliphatic rings. The van der Waals surface area contributed by atoms with Crippen LogP contribution in [0.5, 0.6) is 0 Å². The first-order chi connectivity index (χ1) is 18.0. The second-order valence-electron chi connectivity index (χ2n) is 9.36. The molecule has 3 N–H and O–H groups in total. The Morgan fingerprint density at radius 2 is 1.74 bits per heavy atom. The predicted molar refractivity (Wildman–Crippen MR) is 139 cm³/mol. The lowest BCUT2D eigenvalue weighted by Crippen LogP contribution is -2.66. The molecule has 38 heavy (non-hydrogen) atoms. The number of amides is 2. The molecule has 0 atom stereocenters. The summed E-state index contributed by atoms with van der Waals surface area (Å²) in [4.78, 5) is 42.9. The van der Waals surface area contributed by atoms with Crippen molar-refractivity contribution in [2.24, 2.45) is 0 Å². The number of hydrogen-bond donors (Lipinski definition) is 3. The highest BCUT2D eigenvalue weighted by Gasteiger charge is 2.53. The Morgan fingerprint density at radius 1 is 1.11 bits per heavy atom. The molecule has 1 saturated heterocycles. The summed E-state index contributed by atoms with van der Waals surface area (Å²) in [5, 5.41) is 14.4. The Hall–Kier alpha value is -4.05. The number of pyridine rings is 1. The maximum absolute atomic E-state index is 14.9. The van der Waals surface area contributed by atoms with Crippen molar-refractivity contribution in [3.8, 4) is 0 Å². The fourth-order valence-electron chi connectivity index (χ4n) is 4.72. The molecule has 1 aliphatic heterocycles. The molecule has 0 bridgehead atoms. The number of carboxylic acid groups (broad SMARTS) is 1. The molecule has 3 aromatic rings. The van der Waals surface area contributed by atoms with Crippen LogP contribution in [-0.4, -0.2) is 48.0 Å². The molecule has 0 aliphatic carbocycles. The highest BCUT2D eigenvalue weighted by atomic mass is 35.5. The lowest BCUT2D eigenvalue weighted by molar-refractivity contribution is -0.122. The quantitative estimate of drug-likeness (QED) is 0.377. The van der Waals surface area contributed by atoms with E-state index in [1.54, 1.807) is 12.1 Å². The zero-order chi connectivity index (χ0) is 27.8. The van der Waals surface area contributed by atoms with E-state index >= 15 is 0 Å². The van der Waals surface area contributed by atoms with Crippen LogP contribution in [-0.2, 0) is 10.2 Å². The van der Waals surface area contributed by atoms with E-state index in [-0.39, 0.29) is 35.4 Å². The van der Waals surface area contributed by atoms with Crippen molar-refractivity contribution in [3.05, 3.63) is 87.7 Å². The lowest BCUT2D eigenvalue weighted by atomic mass is 9.69. The number of carbonyl (C=O) groups excluding carboxylic acids is 2. The second-order valence-corrected chi connectivity index (χ2v) is 9.75. The monoisotopic (exact) mass is 542 g/mol. The Morgan fingerprint density at radius 3 is 2.32 bits per heavy atom. The third-order valence-corrected chi connectivity index (χ3v) is 6.83. The number of rotatable bonds is 7. The van der Waals surface area contributed by atoms with Crippen LogP contribution < -0.4 is 15.5 Å². The van der Waals surface area contributed by atoms with Gasteiger partial charge in [0.15, 0.2) is 0 Å². The third-order valence-electron chi connectivity index (χ3n) is 6.63. The van der Waals surface area contributed by atoms with Gasteiger partial charge < -0.3 is 20.6 Å². The first-order valence-electron chi connectivity index (χ1n) is 11.7. The van der Waals surface area contributed by atoms with Crippen molar-refractivity contribution in [2.45, 2.75) is 25.2 Å². The number of hydrogen-bond acceptors (Lipinski definition) is 5. The molecule has 1 fully saturated rings. The van der Waals surface area contributed by atoms with Crippen LogP contribution in [0.3, 0.4) is 0 Å². The van der Waals surface area contributed by atoms with Crippen molar-refractivity contribution < 1.29 is 28.3 Å². The number of nitrogens with zero attached hydrogens (tertiary/aromatic N) is 2. The molecule has 198 valence electrons. The van der Waals surface area contributed by atoms with Gasteiger partial charge in [-0.25, -0.2) is 18.6 Å². The van der Waals surface area contributed by atoms with Gasteiger partial charge in [0.1, 0.15) is 27.9 Å². The zero-order valence-corrected chi connectivity index (χ0v) is 21.6. The van der Waals surface area contributed by atoms with Gasteiger partial charge in [0.05, 0.1) is 23.0 Å². The Kier molecular flexibility index (Phi) is 7.37. The summed E-state index contributed by atoms with van der Waals surface area (Å²) in [6, 6.07) is 10.1. The van der Waals surface area contributed by atoms with E-state index in [9.17, 15) is 23.2 Å². The maximum atomic E-state index is 14.9. The van der Waals surface area contributed by atoms with Gasteiger partial charge in [-0.1, -0.05) is 49.7 Å². The SMILES string of the molecule is CNC(=O)c1cc(Cl)ncc1NC(=O)C1(c2ccccc2C(C)C)CN(c2c(F)cc(C(=O)O)cc2F)C1. The van der Waals surface area contributed by atoms with Crippen LogP contribution in [0.2, 0.25) is 5.15 Å². The molecule has 11 heteroatoms. The average molecular weight is 543 g/mol. The predicted octanol–water partition coefficient (Wildman–Crippen LogP) is 4.59. The van der Waals surface area contributed by atoms with Crippen molar-refractivity contribution >= 4 is 40.8 Å². The highest BCUT2D eigenvalue weighted by molar-refractivity contribution is 6.30. The van der Waals surface area contributed by atoms with Gasteiger partial charge in [-0.2, -0.15) is 0 Å². The van der Waals surface area contributed by atoms with Crippen LogP contribution in [0.15, 0.2) is 48.7 Å². The molecule has 2 heterocycles. The fourth-order valence-corrected chi connectivity index (χ4v) is 4.88. The van der Waals surface area contributed by atoms with Gasteiger partial charge >= 0.3 is 5.97 Å². The van der Waals surface area contributed by atoms with E-state index in [2.05, 4.69) is 15.6 Å². The number of halogens is 3. The Labute approximate surface area is 222 Å². The topological polar surface area (TPSA) is 112 Å². The molecule has 1 aromatic heterocycles. The smallest absolute Gasteiger partial charge is 0.335 e. The van der Waals surface area contributed by atoms with Gasteiger partial charge in [0.25, 0.3) is 5.91 Å². The number of carbonyl (C=O) groups is 3. The molecule has 0 unspecified atom stereocenters. The molecule has 8 nitrogen and oxygen atoms in total. The van der Waals surface area contributed by atoms with Crippen molar-refractivity contribution in [1.29, 1.82) is 0 Å². The van der Waals surface area contributed by atoms with Crippen LogP contribution in [0.1, 0.15) is 51.6 Å². The van der Waals surface area contributed by atoms with E-state index in [0.717, 1.165) is 17.7 Å². The highest BCUT2D eigenvalue weighted by Crippen LogP contribution is 2.43. The molecule has 0 saturated carbocycles. The van der Waals surface area contributed by atoms with E-state index in [4.69, 9.17) is 16.7 Å². The summed E-state index contributed by atoms with van der Waals surface area (Å²) < 4.78 is 29.7. The van der Waals surface area contributed by atoms with Crippen LogP contribution in [0, 0.1) is 11.6 Å². The summed E-state index contributed by atoms with van der Waals surface area (Å²) in [5.74, 6) is -4.50. The number of nitrogens with one attached hydrogen (secondary N) is 2. The number of aromatic nitrogens is 1. The molecule has 2 aromatic carbocycles. The van der Waals surface area contributed by atoms with Crippen molar-refractivity contribution in [2.75, 3.05) is 30.4 Å². The van der Waals surface area contributed by atoms with Crippen molar-refractivity contribution in [1.82, 2.24) is 10.3 Å². The molecular formula is C27H25ClF2N4O4. The normalized spacial score (nSPS) is 14.1. The fraction of sp³-hybridized carbons (Fsp3) is 0.259. The molecule has 4 rings (SSSR count). The minimum Gasteiger partial charge on any atom is -0.478 e. The average Bonchev–Trinajstić information content (AvgIpc) is 2.85. The van der Waals surface area contributed by atoms with Crippen LogP contribution >= 0.6 is 11.6 Å². The van der Waals surface area contributed by atoms with Gasteiger partial charge in [0.2, 0.25) is 5.91 Å². The largest absolute Gasteiger partial charge is 0.478 e. The summed E-state index contributed by atoms with van der Waals surface area (Å²) in [7, 11) is 1.44. The van der Waals surface area contributed by atoms with Gasteiger partial charge in [-0.15, -0.1) is 0 Å². The summed E-state index contributed by atoms with van der Waals surface area (Å²) in [5.41, 5.74) is -0.395. The Balaban J connectivity index is 1.77. The van der Waals surface area contributed by atoms with E-state index in [0.29, 0.717) is 5.56 Å². The van der Waals surface area contributed by atoms with Crippen LogP contribution in [0.4, 0.5) is 20.2 Å². The summed E-state index contributed by atoms with van der Waals surface area (Å²) in [6.45, 7) is 3.74. The van der Waals surface area contributed by atoms with E-state index in [1.165, 1.54) is 24.2 Å². The number of benzene rings is 2. The van der Waals surface area contributed by atoms with E-state index < -0.39 is 46.1 Å². The van der Waals surface area contributed by atoms with E-state index in [1.807, 2.05) is 26.0 Å². The first-order valence-corrected chi connectivity index (χ1v) is 12.1. The zero-order valence-electron chi connectivity index (χ0n) is 20.8. The summed E-state index contributed by atoms with van der Waals surface area (Å²) in [6.07, 6.45) is 1.27. The Bertz CT molecular complexity index is 1420. The van der Waals surface area contributed by atoms with Crippen molar-refractivity contribution in [3.63, 3.8) is 0 Å². The molecule has 2 amide bonds. The second kappa shape index (κ2) is 10.4.